The van der Waals surface area contributed by atoms with Gasteiger partial charge in [-0.1, -0.05) is 0 Å². The van der Waals surface area contributed by atoms with Crippen molar-refractivity contribution in [2.45, 2.75) is 0 Å². The monoisotopic (exact) mass is 361 g/mol. The fourth-order valence-electron chi connectivity index (χ4n) is 2.28. The Balaban J connectivity index is 1.54. The summed E-state index contributed by atoms with van der Waals surface area (Å²) >= 11 is 0. The van der Waals surface area contributed by atoms with Gasteiger partial charge in [0.15, 0.2) is 34.8 Å². The maximum absolute atomic E-state index is 13.7. The van der Waals surface area contributed by atoms with Gasteiger partial charge in [0.2, 0.25) is 12.7 Å². The van der Waals surface area contributed by atoms with Crippen molar-refractivity contribution < 1.29 is 22.6 Å². The maximum atomic E-state index is 13.7. The first-order valence-corrected chi connectivity index (χ1v) is 7.37. The predicted molar refractivity (Wildman–Crippen MR) is 85.3 cm³/mol. The van der Waals surface area contributed by atoms with Crippen LogP contribution < -0.4 is 20.1 Å². The number of anilines is 4. The number of nitrogens with zero attached hydrogens (tertiary/aromatic N) is 3. The van der Waals surface area contributed by atoms with Crippen LogP contribution in [-0.2, 0) is 0 Å². The third kappa shape index (κ3) is 3.04. The van der Waals surface area contributed by atoms with E-state index in [4.69, 9.17) is 9.47 Å². The van der Waals surface area contributed by atoms with Gasteiger partial charge < -0.3 is 20.1 Å². The van der Waals surface area contributed by atoms with E-state index in [9.17, 15) is 13.2 Å². The van der Waals surface area contributed by atoms with E-state index < -0.39 is 17.5 Å². The van der Waals surface area contributed by atoms with Crippen LogP contribution in [0.5, 0.6) is 11.5 Å². The number of benzene rings is 2. The van der Waals surface area contributed by atoms with Crippen LogP contribution in [0.25, 0.3) is 0 Å². The van der Waals surface area contributed by atoms with Crippen molar-refractivity contribution in [2.24, 2.45) is 0 Å². The molecule has 26 heavy (non-hydrogen) atoms. The lowest BCUT2D eigenvalue weighted by Gasteiger charge is -2.09. The van der Waals surface area contributed by atoms with Crippen molar-refractivity contribution >= 4 is 23.1 Å². The van der Waals surface area contributed by atoms with E-state index in [1.807, 2.05) is 0 Å². The number of hydrogen-bond acceptors (Lipinski definition) is 7. The van der Waals surface area contributed by atoms with Crippen LogP contribution in [0, 0.1) is 17.5 Å². The standard InChI is InChI=1S/C16H10F3N5O2/c17-9-2-3-10(15(19)14(9)18)22-16-23-13(6-20-24-16)21-8-1-4-11-12(5-8)26-7-25-11/h1-6H,7H2,(H2,21,22,23,24). The second-order valence-corrected chi connectivity index (χ2v) is 5.21. The molecule has 1 aliphatic heterocycles. The quantitative estimate of drug-likeness (QED) is 0.688. The normalized spacial score (nSPS) is 12.1. The Hall–Kier alpha value is -3.56. The molecule has 4 rings (SSSR count). The number of nitrogens with one attached hydrogen (secondary N) is 2. The SMILES string of the molecule is Fc1ccc(Nc2nncc(Nc3ccc4c(c3)OCO4)n2)c(F)c1F. The molecular formula is C16H10F3N5O2. The molecule has 2 aromatic carbocycles. The molecule has 0 fully saturated rings. The molecule has 0 spiro atoms. The van der Waals surface area contributed by atoms with Crippen LogP contribution in [0.4, 0.5) is 36.3 Å². The van der Waals surface area contributed by atoms with Gasteiger partial charge in [-0.3, -0.25) is 0 Å². The molecular weight excluding hydrogens is 351 g/mol. The van der Waals surface area contributed by atoms with Crippen LogP contribution in [0.2, 0.25) is 0 Å². The van der Waals surface area contributed by atoms with Gasteiger partial charge in [0, 0.05) is 11.8 Å². The molecule has 0 unspecified atom stereocenters. The summed E-state index contributed by atoms with van der Waals surface area (Å²) in [6, 6.07) is 7.03. The Morgan fingerprint density at radius 1 is 0.923 bits per heavy atom. The second kappa shape index (κ2) is 6.39. The number of rotatable bonds is 4. The first-order chi connectivity index (χ1) is 12.6. The van der Waals surface area contributed by atoms with E-state index in [2.05, 4.69) is 25.8 Å². The summed E-state index contributed by atoms with van der Waals surface area (Å²) in [5, 5.41) is 12.9. The fraction of sp³-hybridized carbons (Fsp3) is 0.0625. The molecule has 1 aliphatic rings. The molecule has 132 valence electrons. The molecule has 0 atom stereocenters. The zero-order chi connectivity index (χ0) is 18.1. The first kappa shape index (κ1) is 15.9. The molecule has 10 heteroatoms. The third-order valence-corrected chi connectivity index (χ3v) is 3.49. The Labute approximate surface area is 144 Å². The summed E-state index contributed by atoms with van der Waals surface area (Å²) in [7, 11) is 0. The lowest BCUT2D eigenvalue weighted by molar-refractivity contribution is 0.174. The summed E-state index contributed by atoms with van der Waals surface area (Å²) in [6.07, 6.45) is 1.34. The number of ether oxygens (including phenoxy) is 2. The van der Waals surface area contributed by atoms with Gasteiger partial charge >= 0.3 is 0 Å². The lowest BCUT2D eigenvalue weighted by atomic mass is 10.3. The summed E-state index contributed by atoms with van der Waals surface area (Å²) in [5.41, 5.74) is 0.339. The highest BCUT2D eigenvalue weighted by atomic mass is 19.2. The van der Waals surface area contributed by atoms with E-state index in [0.29, 0.717) is 23.0 Å². The Bertz CT molecular complexity index is 986. The maximum Gasteiger partial charge on any atom is 0.249 e. The molecule has 3 aromatic rings. The van der Waals surface area contributed by atoms with E-state index in [1.54, 1.807) is 18.2 Å². The van der Waals surface area contributed by atoms with Gasteiger partial charge in [-0.15, -0.1) is 5.10 Å². The predicted octanol–water partition coefficient (Wildman–Crippen LogP) is 3.50. The summed E-state index contributed by atoms with van der Waals surface area (Å²) < 4.78 is 50.5. The van der Waals surface area contributed by atoms with E-state index in [-0.39, 0.29) is 18.4 Å². The smallest absolute Gasteiger partial charge is 0.249 e. The van der Waals surface area contributed by atoms with Crippen molar-refractivity contribution in [2.75, 3.05) is 17.4 Å². The number of halogens is 3. The van der Waals surface area contributed by atoms with Crippen LogP contribution >= 0.6 is 0 Å². The minimum absolute atomic E-state index is 0.0966. The van der Waals surface area contributed by atoms with Gasteiger partial charge in [0.1, 0.15) is 0 Å². The molecule has 0 saturated carbocycles. The molecule has 1 aromatic heterocycles. The molecule has 0 bridgehead atoms. The Morgan fingerprint density at radius 2 is 1.77 bits per heavy atom. The average Bonchev–Trinajstić information content (AvgIpc) is 3.10. The van der Waals surface area contributed by atoms with Crippen LogP contribution in [0.15, 0.2) is 36.5 Å². The molecule has 0 amide bonds. The van der Waals surface area contributed by atoms with Crippen LogP contribution in [-0.4, -0.2) is 22.0 Å². The van der Waals surface area contributed by atoms with Crippen molar-refractivity contribution in [3.05, 3.63) is 54.0 Å². The van der Waals surface area contributed by atoms with Gasteiger partial charge in [0.25, 0.3) is 0 Å². The van der Waals surface area contributed by atoms with E-state index in [0.717, 1.165) is 12.1 Å². The Kier molecular flexibility index (Phi) is 3.92. The van der Waals surface area contributed by atoms with Gasteiger partial charge in [-0.05, 0) is 24.3 Å². The molecule has 0 saturated heterocycles. The van der Waals surface area contributed by atoms with Crippen molar-refractivity contribution in [3.63, 3.8) is 0 Å². The van der Waals surface area contributed by atoms with Crippen LogP contribution in [0.1, 0.15) is 0 Å². The minimum atomic E-state index is -1.59. The van der Waals surface area contributed by atoms with Gasteiger partial charge in [0.05, 0.1) is 11.9 Å². The summed E-state index contributed by atoms with van der Waals surface area (Å²) in [5.74, 6) is -2.83. The first-order valence-electron chi connectivity index (χ1n) is 7.37. The summed E-state index contributed by atoms with van der Waals surface area (Å²) in [6.45, 7) is 0.154. The highest BCUT2D eigenvalue weighted by Crippen LogP contribution is 2.35. The zero-order valence-corrected chi connectivity index (χ0v) is 13.0. The second-order valence-electron chi connectivity index (χ2n) is 5.21. The van der Waals surface area contributed by atoms with Crippen molar-refractivity contribution in [3.8, 4) is 11.5 Å². The number of aromatic nitrogens is 3. The number of hydrogen-bond donors (Lipinski definition) is 2. The van der Waals surface area contributed by atoms with E-state index >= 15 is 0 Å². The highest BCUT2D eigenvalue weighted by Gasteiger charge is 2.15. The molecule has 7 nitrogen and oxygen atoms in total. The largest absolute Gasteiger partial charge is 0.454 e. The fourth-order valence-corrected chi connectivity index (χ4v) is 2.28. The van der Waals surface area contributed by atoms with Crippen molar-refractivity contribution in [1.29, 1.82) is 0 Å². The minimum Gasteiger partial charge on any atom is -0.454 e. The van der Waals surface area contributed by atoms with Gasteiger partial charge in [-0.25, -0.2) is 13.2 Å². The lowest BCUT2D eigenvalue weighted by Crippen LogP contribution is -2.05. The van der Waals surface area contributed by atoms with Gasteiger partial charge in [-0.2, -0.15) is 10.1 Å². The van der Waals surface area contributed by atoms with E-state index in [1.165, 1.54) is 6.20 Å². The molecule has 2 N–H and O–H groups in total. The topological polar surface area (TPSA) is 81.2 Å². The molecule has 2 heterocycles. The third-order valence-electron chi connectivity index (χ3n) is 3.49. The average molecular weight is 361 g/mol. The number of fused-ring (bicyclic) bond motifs is 1. The van der Waals surface area contributed by atoms with Crippen LogP contribution in [0.3, 0.4) is 0 Å². The highest BCUT2D eigenvalue weighted by molar-refractivity contribution is 5.62. The van der Waals surface area contributed by atoms with Crippen molar-refractivity contribution in [1.82, 2.24) is 15.2 Å². The zero-order valence-electron chi connectivity index (χ0n) is 13.0. The Morgan fingerprint density at radius 3 is 2.65 bits per heavy atom. The summed E-state index contributed by atoms with van der Waals surface area (Å²) in [4.78, 5) is 4.10. The molecule has 0 radical (unpaired) electrons. The molecule has 0 aliphatic carbocycles.